The summed E-state index contributed by atoms with van der Waals surface area (Å²) in [7, 11) is 1.50. The highest BCUT2D eigenvalue weighted by atomic mass is 19.1. The molecular weight excluding hydrogens is 409 g/mol. The number of nitrogens with one attached hydrogen (secondary N) is 1. The van der Waals surface area contributed by atoms with Crippen LogP contribution in [-0.2, 0) is 9.59 Å². The van der Waals surface area contributed by atoms with Crippen LogP contribution in [-0.4, -0.2) is 30.7 Å². The van der Waals surface area contributed by atoms with Crippen molar-refractivity contribution in [3.05, 3.63) is 102 Å². The quantitative estimate of drug-likeness (QED) is 0.430. The maximum Gasteiger partial charge on any atom is 0.263 e. The molecule has 0 bridgehead atoms. The third-order valence-corrected chi connectivity index (χ3v) is 4.08. The maximum absolute atomic E-state index is 12.7. The first-order valence-electron chi connectivity index (χ1n) is 9.70. The van der Waals surface area contributed by atoms with Gasteiger partial charge in [-0.15, -0.1) is 0 Å². The molecular formula is C24H30FN5O2. The molecule has 1 aliphatic rings. The van der Waals surface area contributed by atoms with Crippen molar-refractivity contribution in [3.63, 3.8) is 0 Å². The Bertz CT molecular complexity index is 1040. The van der Waals surface area contributed by atoms with Crippen molar-refractivity contribution in [2.24, 2.45) is 22.2 Å². The average molecular weight is 440 g/mol. The second-order valence-electron chi connectivity index (χ2n) is 6.14. The summed E-state index contributed by atoms with van der Waals surface area (Å²) >= 11 is 0. The predicted octanol–water partition coefficient (Wildman–Crippen LogP) is 3.04. The van der Waals surface area contributed by atoms with Crippen molar-refractivity contribution >= 4 is 23.2 Å². The van der Waals surface area contributed by atoms with E-state index in [-0.39, 0.29) is 12.9 Å². The van der Waals surface area contributed by atoms with E-state index in [1.165, 1.54) is 32.2 Å². The Labute approximate surface area is 188 Å². The number of halogens is 1. The van der Waals surface area contributed by atoms with Crippen molar-refractivity contribution in [3.8, 4) is 0 Å². The fraction of sp³-hybridized carbons (Fsp3) is 0.125. The molecule has 7 N–H and O–H groups in total. The molecule has 3 rings (SSSR count). The number of allylic oxidation sites excluding steroid dienone is 3. The van der Waals surface area contributed by atoms with Gasteiger partial charge in [0.1, 0.15) is 5.83 Å². The lowest BCUT2D eigenvalue weighted by atomic mass is 10.0. The third kappa shape index (κ3) is 7.12. The molecule has 0 spiro atoms. The summed E-state index contributed by atoms with van der Waals surface area (Å²) in [6, 6.07) is 17.3. The third-order valence-electron chi connectivity index (χ3n) is 4.08. The lowest BCUT2D eigenvalue weighted by molar-refractivity contribution is -0.117. The molecule has 0 fully saturated rings. The summed E-state index contributed by atoms with van der Waals surface area (Å²) in [4.78, 5) is 26.7. The summed E-state index contributed by atoms with van der Waals surface area (Å²) in [5, 5.41) is 2.79. The Morgan fingerprint density at radius 2 is 1.75 bits per heavy atom. The number of para-hydroxylation sites is 1. The Morgan fingerprint density at radius 3 is 2.31 bits per heavy atom. The first-order chi connectivity index (χ1) is 15.4. The van der Waals surface area contributed by atoms with Crippen LogP contribution in [0, 0.1) is 0 Å². The molecule has 8 heteroatoms. The van der Waals surface area contributed by atoms with Gasteiger partial charge in [0.25, 0.3) is 11.8 Å². The van der Waals surface area contributed by atoms with E-state index in [4.69, 9.17) is 11.5 Å². The standard InChI is InChI=1S/C15H13N3O.C8H10FNO.CH5N.H2/c16-14-15(19)17-12-9-5-4-8-11(12)13(18-14)10-6-2-1-3-7-10;1-3-5-6(8(10)11)7(9)4-2;1-2;/h1-9,14H,16H2,(H,17,19);3-5H,1H2,2H3,(H2,10,11);2H2,1H3;1H/b;6-5+,7-4+;;. The van der Waals surface area contributed by atoms with Gasteiger partial charge in [0.15, 0.2) is 6.17 Å². The van der Waals surface area contributed by atoms with Gasteiger partial charge in [0.2, 0.25) is 0 Å². The molecule has 170 valence electrons. The van der Waals surface area contributed by atoms with Gasteiger partial charge in [0, 0.05) is 12.6 Å². The Hall–Kier alpha value is -3.88. The summed E-state index contributed by atoms with van der Waals surface area (Å²) in [5.41, 5.74) is 18.3. The minimum absolute atomic E-state index is 0. The van der Waals surface area contributed by atoms with E-state index in [9.17, 15) is 14.0 Å². The maximum atomic E-state index is 12.7. The second-order valence-corrected chi connectivity index (χ2v) is 6.14. The van der Waals surface area contributed by atoms with E-state index >= 15 is 0 Å². The Kier molecular flexibility index (Phi) is 11.0. The molecule has 1 aliphatic heterocycles. The van der Waals surface area contributed by atoms with Crippen LogP contribution in [0.3, 0.4) is 0 Å². The zero-order chi connectivity index (χ0) is 24.1. The minimum atomic E-state index is -0.886. The molecule has 1 heterocycles. The number of carbonyl (C=O) groups is 2. The van der Waals surface area contributed by atoms with Crippen molar-refractivity contribution in [2.45, 2.75) is 13.1 Å². The van der Waals surface area contributed by atoms with Gasteiger partial charge in [-0.25, -0.2) is 4.39 Å². The molecule has 2 amide bonds. The highest BCUT2D eigenvalue weighted by Gasteiger charge is 2.22. The number of benzodiazepines with no additional fused rings is 1. The van der Waals surface area contributed by atoms with Crippen LogP contribution >= 0.6 is 0 Å². The van der Waals surface area contributed by atoms with Gasteiger partial charge in [-0.3, -0.25) is 14.6 Å². The van der Waals surface area contributed by atoms with Crippen LogP contribution in [0.5, 0.6) is 0 Å². The Balaban J connectivity index is 0.000000636. The zero-order valence-corrected chi connectivity index (χ0v) is 18.1. The number of hydrogen-bond acceptors (Lipinski definition) is 5. The van der Waals surface area contributed by atoms with Crippen molar-refractivity contribution in [1.82, 2.24) is 0 Å². The van der Waals surface area contributed by atoms with Crippen LogP contribution in [0.1, 0.15) is 19.5 Å². The van der Waals surface area contributed by atoms with Crippen LogP contribution in [0.4, 0.5) is 10.1 Å². The summed E-state index contributed by atoms with van der Waals surface area (Å²) < 4.78 is 12.7. The number of amides is 2. The Morgan fingerprint density at radius 1 is 1.16 bits per heavy atom. The number of primary amides is 1. The highest BCUT2D eigenvalue weighted by Crippen LogP contribution is 2.23. The molecule has 7 nitrogen and oxygen atoms in total. The normalized spacial score (nSPS) is 15.3. The van der Waals surface area contributed by atoms with E-state index in [1.807, 2.05) is 54.6 Å². The number of carbonyl (C=O) groups excluding carboxylic acids is 2. The highest BCUT2D eigenvalue weighted by molar-refractivity contribution is 6.19. The summed E-state index contributed by atoms with van der Waals surface area (Å²) in [6.45, 7) is 4.80. The largest absolute Gasteiger partial charge is 0.366 e. The molecule has 0 aromatic heterocycles. The van der Waals surface area contributed by atoms with Crippen LogP contribution in [0.2, 0.25) is 0 Å². The number of fused-ring (bicyclic) bond motifs is 1. The predicted molar refractivity (Wildman–Crippen MR) is 130 cm³/mol. The molecule has 0 aliphatic carbocycles. The van der Waals surface area contributed by atoms with Gasteiger partial charge in [-0.05, 0) is 26.1 Å². The first-order valence-corrected chi connectivity index (χ1v) is 9.70. The smallest absolute Gasteiger partial charge is 0.263 e. The van der Waals surface area contributed by atoms with Gasteiger partial charge in [-0.1, -0.05) is 67.3 Å². The van der Waals surface area contributed by atoms with E-state index in [2.05, 4.69) is 22.6 Å². The van der Waals surface area contributed by atoms with Gasteiger partial charge in [0.05, 0.1) is 17.0 Å². The molecule has 1 atom stereocenters. The molecule has 0 saturated heterocycles. The van der Waals surface area contributed by atoms with Gasteiger partial charge < -0.3 is 22.5 Å². The number of nitrogens with two attached hydrogens (primary N) is 3. The lowest BCUT2D eigenvalue weighted by Gasteiger charge is -2.09. The van der Waals surface area contributed by atoms with Crippen LogP contribution in [0.25, 0.3) is 0 Å². The summed E-state index contributed by atoms with van der Waals surface area (Å²) in [5.74, 6) is -1.71. The number of nitrogens with zero attached hydrogens (tertiary/aromatic N) is 1. The van der Waals surface area contributed by atoms with E-state index < -0.39 is 17.9 Å². The van der Waals surface area contributed by atoms with Crippen molar-refractivity contribution in [2.75, 3.05) is 12.4 Å². The van der Waals surface area contributed by atoms with Crippen molar-refractivity contribution < 1.29 is 15.4 Å². The van der Waals surface area contributed by atoms with E-state index in [1.54, 1.807) is 0 Å². The van der Waals surface area contributed by atoms with Gasteiger partial charge >= 0.3 is 0 Å². The SMILES string of the molecule is C=C/C=C(C(N)=O)\C(F)=C/C.CN.NC1N=C(c2ccccc2)c2ccccc2NC1=O.[HH]. The zero-order valence-electron chi connectivity index (χ0n) is 18.1. The number of anilines is 1. The van der Waals surface area contributed by atoms with E-state index in [0.29, 0.717) is 0 Å². The van der Waals surface area contributed by atoms with Crippen LogP contribution < -0.4 is 22.5 Å². The lowest BCUT2D eigenvalue weighted by Crippen LogP contribution is -2.33. The van der Waals surface area contributed by atoms with Gasteiger partial charge in [-0.2, -0.15) is 0 Å². The molecule has 2 aromatic rings. The second kappa shape index (κ2) is 13.4. The molecule has 1 unspecified atom stereocenters. The average Bonchev–Trinajstić information content (AvgIpc) is 2.95. The minimum Gasteiger partial charge on any atom is -0.366 e. The monoisotopic (exact) mass is 439 g/mol. The molecule has 2 aromatic carbocycles. The fourth-order valence-electron chi connectivity index (χ4n) is 2.65. The number of aliphatic imine (C=N–C) groups is 1. The topological polar surface area (TPSA) is 137 Å². The number of hydrogen-bond donors (Lipinski definition) is 4. The number of benzene rings is 2. The van der Waals surface area contributed by atoms with Crippen LogP contribution in [0.15, 0.2) is 95.8 Å². The molecule has 0 radical (unpaired) electrons. The first kappa shape index (κ1) is 26.2. The molecule has 0 saturated carbocycles. The van der Waals surface area contributed by atoms with E-state index in [0.717, 1.165) is 22.5 Å². The number of rotatable bonds is 4. The fourth-order valence-corrected chi connectivity index (χ4v) is 2.65. The molecule has 32 heavy (non-hydrogen) atoms. The van der Waals surface area contributed by atoms with Crippen molar-refractivity contribution in [1.29, 1.82) is 0 Å². The summed E-state index contributed by atoms with van der Waals surface area (Å²) in [6.07, 6.45) is 2.82.